The number of hydrogen-bond donors (Lipinski definition) is 0. The fourth-order valence-corrected chi connectivity index (χ4v) is 0.375. The summed E-state index contributed by atoms with van der Waals surface area (Å²) in [5, 5.41) is 10.2. The van der Waals surface area contributed by atoms with E-state index >= 15 is 0 Å². The van der Waals surface area contributed by atoms with Crippen LogP contribution in [0.3, 0.4) is 0 Å². The van der Waals surface area contributed by atoms with E-state index in [1.165, 1.54) is 21.2 Å². The molecule has 54 valence electrons. The molecule has 0 aromatic rings. The average Bonchev–Trinajstić information content (AvgIpc) is 1.65. The Balaban J connectivity index is 3.85. The molecule has 0 rings (SSSR count). The number of ether oxygens (including phenoxy) is 1. The van der Waals surface area contributed by atoms with Crippen LogP contribution in [-0.2, 0) is 4.74 Å². The minimum atomic E-state index is -1.14. The van der Waals surface area contributed by atoms with E-state index in [2.05, 4.69) is 4.74 Å². The Kier molecular flexibility index (Phi) is 2.61. The maximum atomic E-state index is 10.2. The molecule has 0 saturated heterocycles. The fourth-order valence-electron chi connectivity index (χ4n) is 0.375. The number of nitrogens with zero attached hydrogens (tertiary/aromatic N) is 1. The first-order valence-corrected chi connectivity index (χ1v) is 2.54. The molecule has 0 fully saturated rings. The van der Waals surface area contributed by atoms with Crippen LogP contribution in [0.1, 0.15) is 0 Å². The number of carbonyl (C=O) groups excluding carboxylic acids is 1. The van der Waals surface area contributed by atoms with E-state index in [0.29, 0.717) is 0 Å². The van der Waals surface area contributed by atoms with Crippen molar-refractivity contribution in [2.24, 2.45) is 0 Å². The summed E-state index contributed by atoms with van der Waals surface area (Å²) in [7, 11) is 4.45. The van der Waals surface area contributed by atoms with Gasteiger partial charge in [0.2, 0.25) is 0 Å². The third kappa shape index (κ3) is 2.43. The highest BCUT2D eigenvalue weighted by atomic mass is 16.5. The van der Waals surface area contributed by atoms with Gasteiger partial charge in [0, 0.05) is 7.11 Å². The smallest absolute Gasteiger partial charge is 0.258 e. The second-order valence-electron chi connectivity index (χ2n) is 2.37. The summed E-state index contributed by atoms with van der Waals surface area (Å²) >= 11 is 0. The minimum absolute atomic E-state index is 0.127. The molecule has 1 amide bonds. The average molecular weight is 133 g/mol. The Labute approximate surface area is 54.2 Å². The molecule has 0 atom stereocenters. The highest BCUT2D eigenvalue weighted by Crippen LogP contribution is 1.93. The normalized spacial score (nSPS) is 11.4. The van der Waals surface area contributed by atoms with E-state index in [1.807, 2.05) is 0 Å². The van der Waals surface area contributed by atoms with E-state index in [1.54, 1.807) is 0 Å². The number of methoxy groups -OCH3 is 1. The molecule has 0 N–H and O–H groups in total. The van der Waals surface area contributed by atoms with Crippen LogP contribution >= 0.6 is 0 Å². The second kappa shape index (κ2) is 2.80. The van der Waals surface area contributed by atoms with Gasteiger partial charge in [0.25, 0.3) is 6.09 Å². The molecule has 0 saturated carbocycles. The zero-order valence-corrected chi connectivity index (χ0v) is 5.88. The van der Waals surface area contributed by atoms with Crippen LogP contribution in [0.15, 0.2) is 0 Å². The van der Waals surface area contributed by atoms with Gasteiger partial charge >= 0.3 is 0 Å². The van der Waals surface area contributed by atoms with E-state index in [4.69, 9.17) is 0 Å². The van der Waals surface area contributed by atoms with E-state index in [9.17, 15) is 9.90 Å². The molecule has 0 heterocycles. The number of rotatable bonds is 2. The summed E-state index contributed by atoms with van der Waals surface area (Å²) in [6, 6.07) is 0. The molecule has 0 radical (unpaired) electrons. The van der Waals surface area contributed by atoms with Crippen molar-refractivity contribution < 1.29 is 19.1 Å². The molecule has 0 bridgehead atoms. The standard InChI is InChI=1S/C5H11NO3/c1-6(2,4-9-3)5(7)8/h4H2,1-3H3. The SMILES string of the molecule is COC[N+](C)(C)C(=O)[O-]. The fraction of sp³-hybridized carbons (Fsp3) is 0.800. The molecule has 4 heteroatoms. The molecule has 9 heavy (non-hydrogen) atoms. The highest BCUT2D eigenvalue weighted by Gasteiger charge is 2.15. The van der Waals surface area contributed by atoms with Gasteiger partial charge in [0.1, 0.15) is 0 Å². The minimum Gasteiger partial charge on any atom is -0.498 e. The van der Waals surface area contributed by atoms with Crippen LogP contribution in [0.2, 0.25) is 0 Å². The third-order valence-corrected chi connectivity index (χ3v) is 0.946. The molecule has 4 nitrogen and oxygen atoms in total. The van der Waals surface area contributed by atoms with E-state index in [-0.39, 0.29) is 11.2 Å². The lowest BCUT2D eigenvalue weighted by Gasteiger charge is -2.27. The summed E-state index contributed by atoms with van der Waals surface area (Å²) in [5.74, 6) is 0. The van der Waals surface area contributed by atoms with Crippen LogP contribution in [-0.4, -0.2) is 38.5 Å². The Bertz CT molecular complexity index is 111. The maximum Gasteiger partial charge on any atom is 0.258 e. The molecule has 0 aliphatic heterocycles. The van der Waals surface area contributed by atoms with Crippen LogP contribution in [0.4, 0.5) is 4.79 Å². The van der Waals surface area contributed by atoms with E-state index in [0.717, 1.165) is 0 Å². The van der Waals surface area contributed by atoms with Crippen molar-refractivity contribution in [1.82, 2.24) is 0 Å². The van der Waals surface area contributed by atoms with Crippen molar-refractivity contribution in [1.29, 1.82) is 0 Å². The van der Waals surface area contributed by atoms with Gasteiger partial charge in [-0.1, -0.05) is 0 Å². The van der Waals surface area contributed by atoms with Crippen LogP contribution < -0.4 is 5.11 Å². The van der Waals surface area contributed by atoms with Crippen molar-refractivity contribution in [2.45, 2.75) is 0 Å². The van der Waals surface area contributed by atoms with Crippen molar-refractivity contribution in [2.75, 3.05) is 27.9 Å². The predicted octanol–water partition coefficient (Wildman–Crippen LogP) is -0.990. The van der Waals surface area contributed by atoms with Gasteiger partial charge in [-0.2, -0.15) is 0 Å². The summed E-state index contributed by atoms with van der Waals surface area (Å²) in [6.07, 6.45) is -1.14. The third-order valence-electron chi connectivity index (χ3n) is 0.946. The Hall–Kier alpha value is -0.610. The molecule has 0 aromatic heterocycles. The van der Waals surface area contributed by atoms with Gasteiger partial charge in [-0.05, 0) is 0 Å². The van der Waals surface area contributed by atoms with Gasteiger partial charge < -0.3 is 14.6 Å². The zero-order chi connectivity index (χ0) is 7.49. The van der Waals surface area contributed by atoms with Gasteiger partial charge in [-0.15, -0.1) is 0 Å². The van der Waals surface area contributed by atoms with Crippen molar-refractivity contribution in [3.8, 4) is 0 Å². The summed E-state index contributed by atoms with van der Waals surface area (Å²) in [6.45, 7) is 0.127. The van der Waals surface area contributed by atoms with E-state index < -0.39 is 6.09 Å². The van der Waals surface area contributed by atoms with Crippen LogP contribution in [0.25, 0.3) is 0 Å². The van der Waals surface area contributed by atoms with Crippen LogP contribution in [0.5, 0.6) is 0 Å². The van der Waals surface area contributed by atoms with Gasteiger partial charge in [0.15, 0.2) is 6.73 Å². The second-order valence-corrected chi connectivity index (χ2v) is 2.37. The summed E-state index contributed by atoms with van der Waals surface area (Å²) < 4.78 is 4.35. The molecule has 0 aliphatic carbocycles. The first-order valence-electron chi connectivity index (χ1n) is 2.54. The molecular weight excluding hydrogens is 122 g/mol. The zero-order valence-electron chi connectivity index (χ0n) is 5.88. The monoisotopic (exact) mass is 133 g/mol. The van der Waals surface area contributed by atoms with Gasteiger partial charge in [-0.25, -0.2) is 0 Å². The number of carboxylic acid groups (broad SMARTS) is 1. The molecule has 0 unspecified atom stereocenters. The quantitative estimate of drug-likeness (QED) is 0.359. The number of hydrogen-bond acceptors (Lipinski definition) is 3. The maximum absolute atomic E-state index is 10.2. The lowest BCUT2D eigenvalue weighted by molar-refractivity contribution is -0.857. The highest BCUT2D eigenvalue weighted by molar-refractivity contribution is 5.53. The predicted molar refractivity (Wildman–Crippen MR) is 29.4 cm³/mol. The van der Waals surface area contributed by atoms with Gasteiger partial charge in [-0.3, -0.25) is 4.48 Å². The largest absolute Gasteiger partial charge is 0.498 e. The first-order chi connectivity index (χ1) is 4.00. The van der Waals surface area contributed by atoms with Crippen molar-refractivity contribution in [3.05, 3.63) is 0 Å². The first kappa shape index (κ1) is 8.39. The number of quaternary nitrogens is 1. The number of amides is 1. The lowest BCUT2D eigenvalue weighted by Crippen LogP contribution is -2.53. The summed E-state index contributed by atoms with van der Waals surface area (Å²) in [5.41, 5.74) is 0. The number of carbonyl (C=O) groups is 1. The molecule has 0 aromatic carbocycles. The van der Waals surface area contributed by atoms with Gasteiger partial charge in [0.05, 0.1) is 14.1 Å². The molecular formula is C5H11NO3. The molecule has 0 spiro atoms. The van der Waals surface area contributed by atoms with Crippen molar-refractivity contribution in [3.63, 3.8) is 0 Å². The summed E-state index contributed by atoms with van der Waals surface area (Å²) in [4.78, 5) is 10.2. The Morgan fingerprint density at radius 1 is 1.67 bits per heavy atom. The molecule has 0 aliphatic rings. The van der Waals surface area contributed by atoms with Crippen molar-refractivity contribution >= 4 is 6.09 Å². The lowest BCUT2D eigenvalue weighted by atomic mass is 10.7. The topological polar surface area (TPSA) is 49.4 Å². The Morgan fingerprint density at radius 3 is 2.22 bits per heavy atom. The Morgan fingerprint density at radius 2 is 2.11 bits per heavy atom. The van der Waals surface area contributed by atoms with Crippen LogP contribution in [0, 0.1) is 0 Å².